The fourth-order valence-electron chi connectivity index (χ4n) is 2.13. The molecular formula is C15H11ClF2N2. The van der Waals surface area contributed by atoms with Crippen LogP contribution < -0.4 is 5.32 Å². The average molecular weight is 293 g/mol. The van der Waals surface area contributed by atoms with Crippen molar-refractivity contribution in [2.24, 2.45) is 0 Å². The molecule has 0 fully saturated rings. The molecule has 0 aliphatic carbocycles. The molecule has 5 heteroatoms. The summed E-state index contributed by atoms with van der Waals surface area (Å²) in [6.07, 6.45) is 1.82. The maximum absolute atomic E-state index is 13.5. The smallest absolute Gasteiger partial charge is 0.146 e. The number of hydrogen-bond acceptors (Lipinski definition) is 1. The van der Waals surface area contributed by atoms with Crippen LogP contribution >= 0.6 is 11.6 Å². The summed E-state index contributed by atoms with van der Waals surface area (Å²) in [4.78, 5) is 3.10. The fraction of sp³-hybridized carbons (Fsp3) is 0.0667. The standard InChI is InChI=1S/C15H11ClF2N2/c16-10-1-3-12-9(7-19-14(12)5-10)8-20-15-6-11(17)2-4-13(15)18/h1-7,19-20H,8H2. The highest BCUT2D eigenvalue weighted by Gasteiger charge is 2.07. The van der Waals surface area contributed by atoms with E-state index in [0.717, 1.165) is 34.7 Å². The summed E-state index contributed by atoms with van der Waals surface area (Å²) in [7, 11) is 0. The van der Waals surface area contributed by atoms with Crippen molar-refractivity contribution in [1.29, 1.82) is 0 Å². The normalized spacial score (nSPS) is 10.9. The average Bonchev–Trinajstić information content (AvgIpc) is 2.82. The van der Waals surface area contributed by atoms with Gasteiger partial charge in [-0.15, -0.1) is 0 Å². The van der Waals surface area contributed by atoms with Crippen LogP contribution in [-0.2, 0) is 6.54 Å². The Morgan fingerprint density at radius 2 is 1.95 bits per heavy atom. The van der Waals surface area contributed by atoms with Crippen LogP contribution in [0.5, 0.6) is 0 Å². The lowest BCUT2D eigenvalue weighted by Crippen LogP contribution is -2.01. The van der Waals surface area contributed by atoms with E-state index in [0.29, 0.717) is 11.6 Å². The van der Waals surface area contributed by atoms with Gasteiger partial charge in [0.25, 0.3) is 0 Å². The van der Waals surface area contributed by atoms with Crippen LogP contribution in [-0.4, -0.2) is 4.98 Å². The minimum absolute atomic E-state index is 0.147. The van der Waals surface area contributed by atoms with E-state index in [4.69, 9.17) is 11.6 Å². The van der Waals surface area contributed by atoms with Crippen molar-refractivity contribution in [3.05, 3.63) is 64.8 Å². The van der Waals surface area contributed by atoms with Crippen LogP contribution in [0.3, 0.4) is 0 Å². The molecule has 0 saturated heterocycles. The summed E-state index contributed by atoms with van der Waals surface area (Å²) in [6, 6.07) is 8.85. The Bertz CT molecular complexity index is 768. The summed E-state index contributed by atoms with van der Waals surface area (Å²) < 4.78 is 26.6. The van der Waals surface area contributed by atoms with Crippen molar-refractivity contribution >= 4 is 28.2 Å². The van der Waals surface area contributed by atoms with Crippen LogP contribution in [0.25, 0.3) is 10.9 Å². The van der Waals surface area contributed by atoms with Crippen molar-refractivity contribution in [3.63, 3.8) is 0 Å². The Labute approximate surface area is 119 Å². The molecule has 0 bridgehead atoms. The molecule has 0 radical (unpaired) electrons. The number of fused-ring (bicyclic) bond motifs is 1. The third-order valence-electron chi connectivity index (χ3n) is 3.13. The van der Waals surface area contributed by atoms with Gasteiger partial charge in [0, 0.05) is 28.7 Å². The molecule has 0 atom stereocenters. The van der Waals surface area contributed by atoms with Crippen LogP contribution in [0, 0.1) is 11.6 Å². The summed E-state index contributed by atoms with van der Waals surface area (Å²) >= 11 is 5.91. The molecule has 0 saturated carbocycles. The Morgan fingerprint density at radius 1 is 1.10 bits per heavy atom. The van der Waals surface area contributed by atoms with E-state index in [2.05, 4.69) is 10.3 Å². The third-order valence-corrected chi connectivity index (χ3v) is 3.36. The molecule has 20 heavy (non-hydrogen) atoms. The Balaban J connectivity index is 1.85. The van der Waals surface area contributed by atoms with Gasteiger partial charge in [0.15, 0.2) is 0 Å². The number of benzene rings is 2. The first-order valence-electron chi connectivity index (χ1n) is 6.08. The van der Waals surface area contributed by atoms with E-state index in [9.17, 15) is 8.78 Å². The second kappa shape index (κ2) is 5.13. The molecule has 2 N–H and O–H groups in total. The number of aromatic nitrogens is 1. The van der Waals surface area contributed by atoms with Gasteiger partial charge in [-0.3, -0.25) is 0 Å². The SMILES string of the molecule is Fc1ccc(F)c(NCc2c[nH]c3cc(Cl)ccc23)c1. The first kappa shape index (κ1) is 12.9. The number of rotatable bonds is 3. The van der Waals surface area contributed by atoms with Crippen LogP contribution in [0.2, 0.25) is 5.02 Å². The van der Waals surface area contributed by atoms with Crippen LogP contribution in [0.1, 0.15) is 5.56 Å². The number of aromatic amines is 1. The predicted molar refractivity (Wildman–Crippen MR) is 77.0 cm³/mol. The number of nitrogens with one attached hydrogen (secondary N) is 2. The van der Waals surface area contributed by atoms with Gasteiger partial charge in [0.2, 0.25) is 0 Å². The second-order valence-corrected chi connectivity index (χ2v) is 4.92. The van der Waals surface area contributed by atoms with Gasteiger partial charge in [-0.25, -0.2) is 8.78 Å². The van der Waals surface area contributed by atoms with E-state index in [1.54, 1.807) is 6.07 Å². The number of anilines is 1. The number of halogens is 3. The van der Waals surface area contributed by atoms with Gasteiger partial charge >= 0.3 is 0 Å². The van der Waals surface area contributed by atoms with E-state index in [-0.39, 0.29) is 5.69 Å². The minimum Gasteiger partial charge on any atom is -0.378 e. The monoisotopic (exact) mass is 292 g/mol. The predicted octanol–water partition coefficient (Wildman–Crippen LogP) is 4.71. The molecule has 3 rings (SSSR count). The van der Waals surface area contributed by atoms with Crippen molar-refractivity contribution < 1.29 is 8.78 Å². The maximum Gasteiger partial charge on any atom is 0.146 e. The fourth-order valence-corrected chi connectivity index (χ4v) is 2.30. The zero-order valence-corrected chi connectivity index (χ0v) is 11.1. The Kier molecular flexibility index (Phi) is 3.32. The molecule has 2 nitrogen and oxygen atoms in total. The quantitative estimate of drug-likeness (QED) is 0.719. The first-order valence-corrected chi connectivity index (χ1v) is 6.46. The summed E-state index contributed by atoms with van der Waals surface area (Å²) in [5, 5.41) is 4.54. The van der Waals surface area contributed by atoms with Gasteiger partial charge in [-0.05, 0) is 35.9 Å². The lowest BCUT2D eigenvalue weighted by atomic mass is 10.1. The molecular weight excluding hydrogens is 282 g/mol. The number of H-pyrrole nitrogens is 1. The number of hydrogen-bond donors (Lipinski definition) is 2. The van der Waals surface area contributed by atoms with E-state index in [1.807, 2.05) is 18.3 Å². The van der Waals surface area contributed by atoms with Crippen molar-refractivity contribution in [1.82, 2.24) is 4.98 Å². The van der Waals surface area contributed by atoms with E-state index >= 15 is 0 Å². The largest absolute Gasteiger partial charge is 0.378 e. The van der Waals surface area contributed by atoms with Gasteiger partial charge < -0.3 is 10.3 Å². The molecule has 0 spiro atoms. The second-order valence-electron chi connectivity index (χ2n) is 4.48. The highest BCUT2D eigenvalue weighted by atomic mass is 35.5. The van der Waals surface area contributed by atoms with Gasteiger partial charge in [-0.2, -0.15) is 0 Å². The molecule has 1 aromatic heterocycles. The third kappa shape index (κ3) is 2.47. The first-order chi connectivity index (χ1) is 9.63. The van der Waals surface area contributed by atoms with Crippen molar-refractivity contribution in [3.8, 4) is 0 Å². The zero-order chi connectivity index (χ0) is 14.1. The highest BCUT2D eigenvalue weighted by Crippen LogP contribution is 2.23. The van der Waals surface area contributed by atoms with Crippen molar-refractivity contribution in [2.45, 2.75) is 6.54 Å². The Morgan fingerprint density at radius 3 is 2.80 bits per heavy atom. The van der Waals surface area contributed by atoms with Crippen LogP contribution in [0.15, 0.2) is 42.6 Å². The van der Waals surface area contributed by atoms with E-state index in [1.165, 1.54) is 0 Å². The maximum atomic E-state index is 13.5. The topological polar surface area (TPSA) is 27.8 Å². The summed E-state index contributed by atoms with van der Waals surface area (Å²) in [5.41, 5.74) is 2.02. The molecule has 1 heterocycles. The zero-order valence-electron chi connectivity index (χ0n) is 10.4. The van der Waals surface area contributed by atoms with Gasteiger partial charge in [0.05, 0.1) is 5.69 Å². The molecule has 2 aromatic carbocycles. The molecule has 0 aliphatic heterocycles. The lowest BCUT2D eigenvalue weighted by molar-refractivity contribution is 0.602. The van der Waals surface area contributed by atoms with E-state index < -0.39 is 11.6 Å². The minimum atomic E-state index is -0.478. The van der Waals surface area contributed by atoms with Crippen molar-refractivity contribution in [2.75, 3.05) is 5.32 Å². The summed E-state index contributed by atoms with van der Waals surface area (Å²) in [6.45, 7) is 0.391. The molecule has 0 unspecified atom stereocenters. The van der Waals surface area contributed by atoms with Crippen LogP contribution in [0.4, 0.5) is 14.5 Å². The summed E-state index contributed by atoms with van der Waals surface area (Å²) in [5.74, 6) is -0.950. The highest BCUT2D eigenvalue weighted by molar-refractivity contribution is 6.31. The van der Waals surface area contributed by atoms with Gasteiger partial charge in [-0.1, -0.05) is 17.7 Å². The Hall–Kier alpha value is -2.07. The van der Waals surface area contributed by atoms with Gasteiger partial charge in [0.1, 0.15) is 11.6 Å². The lowest BCUT2D eigenvalue weighted by Gasteiger charge is -2.07. The molecule has 3 aromatic rings. The molecule has 0 amide bonds. The molecule has 0 aliphatic rings. The molecule has 102 valence electrons.